The van der Waals surface area contributed by atoms with Crippen LogP contribution < -0.4 is 0 Å². The van der Waals surface area contributed by atoms with Gasteiger partial charge in [-0.1, -0.05) is 36.1 Å². The molecule has 4 heterocycles. The normalized spacial score (nSPS) is 28.8. The second-order valence-corrected chi connectivity index (χ2v) is 11.4. The summed E-state index contributed by atoms with van der Waals surface area (Å²) in [5.74, 6) is -2.29. The highest BCUT2D eigenvalue weighted by Crippen LogP contribution is 2.66. The number of carbonyl (C=O) groups excluding carboxylic acids is 3. The molecule has 1 N–H and O–H groups in total. The van der Waals surface area contributed by atoms with Crippen LogP contribution in [0.25, 0.3) is 11.0 Å². The van der Waals surface area contributed by atoms with Crippen LogP contribution >= 0.6 is 11.8 Å². The summed E-state index contributed by atoms with van der Waals surface area (Å²) in [5, 5.41) is 18.4. The number of rotatable bonds is 10. The van der Waals surface area contributed by atoms with Gasteiger partial charge in [-0.3, -0.25) is 14.4 Å². The van der Waals surface area contributed by atoms with Crippen LogP contribution in [-0.2, 0) is 25.8 Å². The van der Waals surface area contributed by atoms with Crippen LogP contribution in [0.15, 0.2) is 49.6 Å². The number of hydrogen-bond acceptors (Lipinski definition) is 8. The molecule has 1 aromatic carbocycles. The van der Waals surface area contributed by atoms with Crippen LogP contribution in [0.2, 0.25) is 0 Å². The first kappa shape index (κ1) is 25.5. The number of hydrogen-bond donors (Lipinski definition) is 1. The Hall–Kier alpha value is -3.18. The molecule has 2 bridgehead atoms. The van der Waals surface area contributed by atoms with E-state index in [-0.39, 0.29) is 43.5 Å². The van der Waals surface area contributed by atoms with E-state index in [1.807, 2.05) is 24.3 Å². The van der Waals surface area contributed by atoms with Crippen molar-refractivity contribution in [1.29, 1.82) is 0 Å². The molecule has 2 unspecified atom stereocenters. The number of benzene rings is 1. The third-order valence-electron chi connectivity index (χ3n) is 7.71. The maximum Gasteiger partial charge on any atom is 0.311 e. The van der Waals surface area contributed by atoms with Crippen molar-refractivity contribution < 1.29 is 24.2 Å². The van der Waals surface area contributed by atoms with E-state index in [0.29, 0.717) is 18.4 Å². The van der Waals surface area contributed by atoms with Crippen molar-refractivity contribution in [2.24, 2.45) is 11.8 Å². The zero-order valence-corrected chi connectivity index (χ0v) is 21.5. The van der Waals surface area contributed by atoms with E-state index in [1.165, 1.54) is 11.0 Å². The van der Waals surface area contributed by atoms with E-state index < -0.39 is 34.6 Å². The minimum atomic E-state index is -0.839. The number of thioether (sulfide) groups is 1. The van der Waals surface area contributed by atoms with Crippen molar-refractivity contribution in [1.82, 2.24) is 24.8 Å². The molecule has 6 atom stereocenters. The van der Waals surface area contributed by atoms with Gasteiger partial charge in [0.15, 0.2) is 0 Å². The van der Waals surface area contributed by atoms with Gasteiger partial charge in [0, 0.05) is 11.8 Å². The third kappa shape index (κ3) is 3.95. The lowest BCUT2D eigenvalue weighted by Crippen LogP contribution is -2.57. The summed E-state index contributed by atoms with van der Waals surface area (Å²) in [4.78, 5) is 44.4. The number of ether oxygens (including phenoxy) is 1. The Kier molecular flexibility index (Phi) is 6.84. The topological polar surface area (TPSA) is 118 Å². The van der Waals surface area contributed by atoms with Crippen LogP contribution in [0.5, 0.6) is 0 Å². The lowest BCUT2D eigenvalue weighted by Gasteiger charge is -2.38. The Morgan fingerprint density at radius 2 is 2.14 bits per heavy atom. The number of aromatic nitrogens is 3. The maximum absolute atomic E-state index is 14.3. The highest BCUT2D eigenvalue weighted by atomic mass is 32.2. The molecule has 0 radical (unpaired) electrons. The van der Waals surface area contributed by atoms with Gasteiger partial charge in [0.25, 0.3) is 0 Å². The number of aliphatic hydroxyl groups excluding tert-OH is 1. The largest absolute Gasteiger partial charge is 0.461 e. The Labute approximate surface area is 219 Å². The summed E-state index contributed by atoms with van der Waals surface area (Å²) in [5.41, 5.74) is 1.49. The average molecular weight is 526 g/mol. The molecule has 2 aromatic rings. The van der Waals surface area contributed by atoms with Crippen molar-refractivity contribution in [3.8, 4) is 0 Å². The number of esters is 1. The Morgan fingerprint density at radius 3 is 2.86 bits per heavy atom. The minimum absolute atomic E-state index is 0.0682. The summed E-state index contributed by atoms with van der Waals surface area (Å²) >= 11 is 1.56. The second kappa shape index (κ2) is 9.94. The van der Waals surface area contributed by atoms with Crippen LogP contribution in [0.4, 0.5) is 0 Å². The fourth-order valence-electron chi connectivity index (χ4n) is 6.17. The number of nitrogens with zero attached hydrogens (tertiary/aromatic N) is 5. The highest BCUT2D eigenvalue weighted by molar-refractivity contribution is 8.02. The first-order valence-electron chi connectivity index (χ1n) is 12.4. The number of fused-ring (bicyclic) bond motifs is 2. The monoisotopic (exact) mass is 525 g/mol. The Bertz CT molecular complexity index is 1250. The number of para-hydroxylation sites is 1. The predicted molar refractivity (Wildman–Crippen MR) is 138 cm³/mol. The molecule has 1 spiro atoms. The molecule has 10 nitrogen and oxygen atoms in total. The van der Waals surface area contributed by atoms with E-state index >= 15 is 0 Å². The Balaban J connectivity index is 1.52. The third-order valence-corrected chi connectivity index (χ3v) is 9.66. The Morgan fingerprint density at radius 1 is 1.35 bits per heavy atom. The van der Waals surface area contributed by atoms with Crippen LogP contribution in [0.1, 0.15) is 19.8 Å². The summed E-state index contributed by atoms with van der Waals surface area (Å²) in [7, 11) is 0. The molecule has 3 fully saturated rings. The van der Waals surface area contributed by atoms with Gasteiger partial charge in [-0.15, -0.1) is 23.4 Å². The maximum atomic E-state index is 14.3. The number of carbonyl (C=O) groups is 3. The lowest BCUT2D eigenvalue weighted by atomic mass is 9.71. The van der Waals surface area contributed by atoms with Gasteiger partial charge >= 0.3 is 5.97 Å². The van der Waals surface area contributed by atoms with E-state index in [0.717, 1.165) is 5.52 Å². The molecule has 0 saturated carbocycles. The van der Waals surface area contributed by atoms with Gasteiger partial charge in [-0.25, -0.2) is 4.68 Å². The molecule has 37 heavy (non-hydrogen) atoms. The van der Waals surface area contributed by atoms with E-state index in [4.69, 9.17) is 4.74 Å². The first-order valence-corrected chi connectivity index (χ1v) is 13.3. The van der Waals surface area contributed by atoms with Crippen molar-refractivity contribution >= 4 is 40.6 Å². The molecule has 0 aliphatic carbocycles. The lowest BCUT2D eigenvalue weighted by molar-refractivity contribution is -0.153. The first-order chi connectivity index (χ1) is 17.9. The molecule has 2 amide bonds. The van der Waals surface area contributed by atoms with Gasteiger partial charge in [0.1, 0.15) is 24.8 Å². The summed E-state index contributed by atoms with van der Waals surface area (Å²) in [6, 6.07) is 6.05. The number of aliphatic hydroxyl groups is 1. The van der Waals surface area contributed by atoms with Crippen molar-refractivity contribution in [2.75, 3.05) is 19.8 Å². The molecule has 3 aliphatic heterocycles. The second-order valence-electron chi connectivity index (χ2n) is 9.82. The van der Waals surface area contributed by atoms with Crippen molar-refractivity contribution in [3.63, 3.8) is 0 Å². The fraction of sp³-hybridized carbons (Fsp3) is 0.500. The summed E-state index contributed by atoms with van der Waals surface area (Å²) in [6.07, 6.45) is 4.47. The van der Waals surface area contributed by atoms with E-state index in [1.54, 1.807) is 34.3 Å². The summed E-state index contributed by atoms with van der Waals surface area (Å²) in [6.45, 7) is 9.28. The number of amides is 2. The zero-order chi connectivity index (χ0) is 26.3. The SMILES string of the molecule is C=CCOC(=O)[C@@H]1[C@@H]2CCC3(S2)C(C(=O)N(CC=C)Cn2nnc4ccccc42)N([C@H](C)CO)C(=O)[C@H]13. The average Bonchev–Trinajstić information content (AvgIpc) is 3.65. The number of likely N-dealkylation sites (tertiary alicyclic amines) is 1. The molecular weight excluding hydrogens is 494 g/mol. The van der Waals surface area contributed by atoms with Gasteiger partial charge < -0.3 is 19.6 Å². The van der Waals surface area contributed by atoms with E-state index in [9.17, 15) is 19.5 Å². The van der Waals surface area contributed by atoms with Crippen molar-refractivity contribution in [3.05, 3.63) is 49.6 Å². The van der Waals surface area contributed by atoms with E-state index in [2.05, 4.69) is 23.5 Å². The van der Waals surface area contributed by atoms with Gasteiger partial charge in [0.2, 0.25) is 11.8 Å². The zero-order valence-electron chi connectivity index (χ0n) is 20.7. The van der Waals surface area contributed by atoms with Gasteiger partial charge in [-0.05, 0) is 31.9 Å². The fourth-order valence-corrected chi connectivity index (χ4v) is 8.35. The molecular formula is C26H31N5O5S. The summed E-state index contributed by atoms with van der Waals surface area (Å²) < 4.78 is 6.25. The molecule has 196 valence electrons. The minimum Gasteiger partial charge on any atom is -0.461 e. The van der Waals surface area contributed by atoms with Crippen LogP contribution in [-0.4, -0.2) is 89.5 Å². The quantitative estimate of drug-likeness (QED) is 0.367. The van der Waals surface area contributed by atoms with Crippen LogP contribution in [0, 0.1) is 11.8 Å². The molecule has 11 heteroatoms. The molecule has 5 rings (SSSR count). The van der Waals surface area contributed by atoms with Crippen LogP contribution in [0.3, 0.4) is 0 Å². The molecule has 1 aromatic heterocycles. The standard InChI is InChI=1S/C26H31N5O5S/c1-4-12-29(15-30-18-9-7-6-8-17(18)27-28-30)24(34)22-26-11-10-19(37-26)20(25(35)36-13-5-2)21(26)23(33)31(22)16(3)14-32/h4-9,16,19-22,32H,1-2,10-15H2,3H3/t16-,19+,20-,21+,22?,26?/m1/s1. The van der Waals surface area contributed by atoms with Gasteiger partial charge in [-0.2, -0.15) is 0 Å². The highest BCUT2D eigenvalue weighted by Gasteiger charge is 2.74. The molecule has 3 saturated heterocycles. The van der Waals surface area contributed by atoms with Crippen molar-refractivity contribution in [2.45, 2.75) is 48.5 Å². The smallest absolute Gasteiger partial charge is 0.311 e. The molecule has 3 aliphatic rings. The van der Waals surface area contributed by atoms with Gasteiger partial charge in [0.05, 0.1) is 34.7 Å². The predicted octanol–water partition coefficient (Wildman–Crippen LogP) is 1.60.